The molecule has 4 rings (SSSR count). The number of benzene rings is 1. The van der Waals surface area contributed by atoms with E-state index in [-0.39, 0.29) is 12.1 Å². The van der Waals surface area contributed by atoms with Crippen LogP contribution in [-0.4, -0.2) is 79.7 Å². The van der Waals surface area contributed by atoms with Crippen LogP contribution in [0.25, 0.3) is 11.2 Å². The van der Waals surface area contributed by atoms with Gasteiger partial charge in [0.05, 0.1) is 12.0 Å². The molecule has 1 aliphatic heterocycles. The first kappa shape index (κ1) is 26.8. The molecule has 1 aliphatic rings. The molecule has 2 amide bonds. The molecule has 4 atom stereocenters. The lowest BCUT2D eigenvalue weighted by Gasteiger charge is -2.30. The van der Waals surface area contributed by atoms with Crippen molar-refractivity contribution in [1.29, 1.82) is 0 Å². The van der Waals surface area contributed by atoms with Gasteiger partial charge in [-0.05, 0) is 50.5 Å². The molecular formula is C26H37N7O4. The largest absolute Gasteiger partial charge is 0.397 e. The molecular weight excluding hydrogens is 474 g/mol. The summed E-state index contributed by atoms with van der Waals surface area (Å²) in [4.78, 5) is 23.0. The van der Waals surface area contributed by atoms with E-state index in [9.17, 15) is 15.0 Å². The number of nitrogen functional groups attached to an aromatic ring is 1. The SMILES string of the molecule is CCc1cccc(NC(=O)NCCCN(C[C@H]2O[C@@H](n3cnc4c(N)ccnc43)[C@H](O)[C@@H]2O)C(C)C)c1. The van der Waals surface area contributed by atoms with Crippen molar-refractivity contribution < 1.29 is 19.7 Å². The van der Waals surface area contributed by atoms with E-state index in [1.807, 2.05) is 24.3 Å². The first-order valence-corrected chi connectivity index (χ1v) is 12.7. The van der Waals surface area contributed by atoms with Gasteiger partial charge in [-0.15, -0.1) is 0 Å². The summed E-state index contributed by atoms with van der Waals surface area (Å²) in [7, 11) is 0. The average molecular weight is 512 g/mol. The molecule has 0 bridgehead atoms. The molecule has 3 aromatic rings. The van der Waals surface area contributed by atoms with E-state index in [1.54, 1.807) is 16.8 Å². The number of amides is 2. The quantitative estimate of drug-likeness (QED) is 0.260. The Morgan fingerprint density at radius 2 is 2.05 bits per heavy atom. The normalized spacial score (nSPS) is 21.7. The number of rotatable bonds is 10. The third-order valence-corrected chi connectivity index (χ3v) is 6.75. The molecule has 0 unspecified atom stereocenters. The fraction of sp³-hybridized carbons (Fsp3) is 0.500. The van der Waals surface area contributed by atoms with Gasteiger partial charge >= 0.3 is 6.03 Å². The number of hydrogen-bond acceptors (Lipinski definition) is 8. The second-order valence-electron chi connectivity index (χ2n) is 9.65. The van der Waals surface area contributed by atoms with E-state index >= 15 is 0 Å². The van der Waals surface area contributed by atoms with Crippen LogP contribution in [0, 0.1) is 0 Å². The van der Waals surface area contributed by atoms with Crippen LogP contribution in [-0.2, 0) is 11.2 Å². The zero-order valence-electron chi connectivity index (χ0n) is 21.5. The van der Waals surface area contributed by atoms with Gasteiger partial charge in [0, 0.05) is 37.6 Å². The predicted octanol–water partition coefficient (Wildman–Crippen LogP) is 2.12. The predicted molar refractivity (Wildman–Crippen MR) is 142 cm³/mol. The topological polar surface area (TPSA) is 151 Å². The number of pyridine rings is 1. The highest BCUT2D eigenvalue weighted by molar-refractivity contribution is 5.89. The van der Waals surface area contributed by atoms with Gasteiger partial charge in [0.1, 0.15) is 23.8 Å². The number of aryl methyl sites for hydroxylation is 1. The fourth-order valence-electron chi connectivity index (χ4n) is 4.57. The number of carbonyl (C=O) groups excluding carboxylic acids is 1. The minimum absolute atomic E-state index is 0.174. The molecule has 0 spiro atoms. The van der Waals surface area contributed by atoms with Crippen molar-refractivity contribution in [2.75, 3.05) is 30.7 Å². The smallest absolute Gasteiger partial charge is 0.319 e. The molecule has 11 heteroatoms. The Labute approximate surface area is 216 Å². The number of fused-ring (bicyclic) bond motifs is 1. The van der Waals surface area contributed by atoms with Crippen LogP contribution < -0.4 is 16.4 Å². The van der Waals surface area contributed by atoms with Crippen molar-refractivity contribution in [3.63, 3.8) is 0 Å². The zero-order chi connectivity index (χ0) is 26.5. The van der Waals surface area contributed by atoms with E-state index in [1.165, 1.54) is 6.33 Å². The Kier molecular flexibility index (Phi) is 8.59. The van der Waals surface area contributed by atoms with Crippen LogP contribution in [0.2, 0.25) is 0 Å². The Bertz CT molecular complexity index is 1200. The third kappa shape index (κ3) is 6.19. The molecule has 0 radical (unpaired) electrons. The number of ether oxygens (including phenoxy) is 1. The summed E-state index contributed by atoms with van der Waals surface area (Å²) in [6.45, 7) is 7.80. The first-order valence-electron chi connectivity index (χ1n) is 12.7. The van der Waals surface area contributed by atoms with Gasteiger partial charge in [0.25, 0.3) is 0 Å². The molecule has 11 nitrogen and oxygen atoms in total. The van der Waals surface area contributed by atoms with Gasteiger partial charge in [-0.25, -0.2) is 14.8 Å². The average Bonchev–Trinajstić information content (AvgIpc) is 3.43. The van der Waals surface area contributed by atoms with Crippen LogP contribution in [0.15, 0.2) is 42.9 Å². The maximum Gasteiger partial charge on any atom is 0.319 e. The van der Waals surface area contributed by atoms with E-state index in [4.69, 9.17) is 10.5 Å². The van der Waals surface area contributed by atoms with Gasteiger partial charge in [-0.2, -0.15) is 0 Å². The Morgan fingerprint density at radius 1 is 1.24 bits per heavy atom. The number of carbonyl (C=O) groups is 1. The van der Waals surface area contributed by atoms with Crippen molar-refractivity contribution in [2.45, 2.75) is 64.2 Å². The highest BCUT2D eigenvalue weighted by Crippen LogP contribution is 2.32. The number of aliphatic hydroxyl groups excluding tert-OH is 2. The van der Waals surface area contributed by atoms with Crippen molar-refractivity contribution in [2.24, 2.45) is 0 Å². The zero-order valence-corrected chi connectivity index (χ0v) is 21.5. The van der Waals surface area contributed by atoms with Crippen molar-refractivity contribution in [3.8, 4) is 0 Å². The molecule has 1 fully saturated rings. The fourth-order valence-corrected chi connectivity index (χ4v) is 4.57. The lowest BCUT2D eigenvalue weighted by molar-refractivity contribution is -0.0468. The summed E-state index contributed by atoms with van der Waals surface area (Å²) < 4.78 is 7.72. The molecule has 0 aliphatic carbocycles. The summed E-state index contributed by atoms with van der Waals surface area (Å²) in [5.41, 5.74) is 9.40. The molecule has 3 heterocycles. The molecule has 2 aromatic heterocycles. The molecule has 37 heavy (non-hydrogen) atoms. The maximum absolute atomic E-state index is 12.3. The van der Waals surface area contributed by atoms with Crippen molar-refractivity contribution in [3.05, 3.63) is 48.4 Å². The van der Waals surface area contributed by atoms with Crippen LogP contribution in [0.3, 0.4) is 0 Å². The molecule has 1 aromatic carbocycles. The van der Waals surface area contributed by atoms with E-state index in [0.717, 1.165) is 17.7 Å². The second-order valence-corrected chi connectivity index (χ2v) is 9.65. The number of imidazole rings is 1. The van der Waals surface area contributed by atoms with Crippen LogP contribution in [0.5, 0.6) is 0 Å². The number of urea groups is 1. The summed E-state index contributed by atoms with van der Waals surface area (Å²) in [6.07, 6.45) is 1.06. The summed E-state index contributed by atoms with van der Waals surface area (Å²) in [5, 5.41) is 27.3. The van der Waals surface area contributed by atoms with Gasteiger partial charge in [0.15, 0.2) is 11.9 Å². The number of anilines is 2. The minimum atomic E-state index is -1.14. The summed E-state index contributed by atoms with van der Waals surface area (Å²) >= 11 is 0. The number of aliphatic hydroxyl groups is 2. The van der Waals surface area contributed by atoms with Gasteiger partial charge in [-0.3, -0.25) is 9.47 Å². The molecule has 0 saturated carbocycles. The van der Waals surface area contributed by atoms with Gasteiger partial charge in [-0.1, -0.05) is 19.1 Å². The number of hydrogen-bond donors (Lipinski definition) is 5. The molecule has 200 valence electrons. The lowest BCUT2D eigenvalue weighted by Crippen LogP contribution is -2.44. The van der Waals surface area contributed by atoms with Crippen molar-refractivity contribution >= 4 is 28.6 Å². The Morgan fingerprint density at radius 3 is 2.81 bits per heavy atom. The Balaban J connectivity index is 1.29. The molecule has 1 saturated heterocycles. The minimum Gasteiger partial charge on any atom is -0.397 e. The van der Waals surface area contributed by atoms with Crippen LogP contribution in [0.1, 0.15) is 39.0 Å². The van der Waals surface area contributed by atoms with Gasteiger partial charge < -0.3 is 31.3 Å². The number of nitrogens with zero attached hydrogens (tertiary/aromatic N) is 4. The first-order chi connectivity index (χ1) is 17.8. The highest BCUT2D eigenvalue weighted by atomic mass is 16.6. The Hall–Kier alpha value is -3.25. The second kappa shape index (κ2) is 11.9. The third-order valence-electron chi connectivity index (χ3n) is 6.75. The number of nitrogens with two attached hydrogens (primary N) is 1. The summed E-state index contributed by atoms with van der Waals surface area (Å²) in [6, 6.07) is 9.38. The van der Waals surface area contributed by atoms with Gasteiger partial charge in [0.2, 0.25) is 0 Å². The highest BCUT2D eigenvalue weighted by Gasteiger charge is 2.45. The van der Waals surface area contributed by atoms with E-state index in [0.29, 0.717) is 42.9 Å². The van der Waals surface area contributed by atoms with E-state index < -0.39 is 24.5 Å². The lowest BCUT2D eigenvalue weighted by atomic mass is 10.1. The van der Waals surface area contributed by atoms with Crippen LogP contribution >= 0.6 is 0 Å². The standard InChI is InChI=1S/C26H37N7O4/c1-4-17-7-5-8-18(13-17)31-26(36)29-10-6-12-32(16(2)3)14-20-22(34)23(35)25(37-20)33-15-30-21-19(27)9-11-28-24(21)33/h5,7-9,11,13,15-16,20,22-23,25,34-35H,4,6,10,12,14H2,1-3H3,(H2,27,28)(H2,29,31,36)/t20-,22-,23-,25-/m1/s1. The number of aromatic nitrogens is 3. The maximum atomic E-state index is 12.3. The van der Waals surface area contributed by atoms with Crippen molar-refractivity contribution in [1.82, 2.24) is 24.8 Å². The number of nitrogens with one attached hydrogen (secondary N) is 2. The summed E-state index contributed by atoms with van der Waals surface area (Å²) in [5.74, 6) is 0. The van der Waals surface area contributed by atoms with Crippen LogP contribution in [0.4, 0.5) is 16.2 Å². The monoisotopic (exact) mass is 511 g/mol. The molecule has 6 N–H and O–H groups in total. The van der Waals surface area contributed by atoms with E-state index in [2.05, 4.69) is 46.3 Å².